The van der Waals surface area contributed by atoms with Crippen LogP contribution in [-0.4, -0.2) is 59.8 Å². The maximum absolute atomic E-state index is 13.3. The first-order valence-corrected chi connectivity index (χ1v) is 10.1. The van der Waals surface area contributed by atoms with Crippen LogP contribution in [0.4, 0.5) is 20.5 Å². The largest absolute Gasteiger partial charge is 0.380 e. The van der Waals surface area contributed by atoms with Gasteiger partial charge >= 0.3 is 0 Å². The van der Waals surface area contributed by atoms with E-state index >= 15 is 0 Å². The SMILES string of the molecule is N=C/C(=C\NCC(=O)N1CCOCC1)Nc1ncc(Cl)c(NCc2cc(F)cc(F)c2)n1. The molecule has 1 amide bonds. The topological polar surface area (TPSA) is 115 Å². The highest BCUT2D eigenvalue weighted by atomic mass is 35.5. The molecule has 1 fully saturated rings. The Kier molecular flexibility index (Phi) is 8.28. The molecule has 32 heavy (non-hydrogen) atoms. The molecular weight excluding hydrogens is 444 g/mol. The minimum Gasteiger partial charge on any atom is -0.380 e. The first-order valence-electron chi connectivity index (χ1n) is 9.72. The number of allylic oxidation sites excluding steroid dienone is 1. The quantitative estimate of drug-likeness (QED) is 0.420. The van der Waals surface area contributed by atoms with Gasteiger partial charge in [0.2, 0.25) is 11.9 Å². The molecule has 9 nitrogen and oxygen atoms in total. The molecule has 0 radical (unpaired) electrons. The summed E-state index contributed by atoms with van der Waals surface area (Å²) in [4.78, 5) is 22.1. The molecule has 1 saturated heterocycles. The zero-order chi connectivity index (χ0) is 22.9. The maximum atomic E-state index is 13.3. The van der Waals surface area contributed by atoms with Gasteiger partial charge in [-0.2, -0.15) is 4.98 Å². The fourth-order valence-corrected chi connectivity index (χ4v) is 3.02. The first-order chi connectivity index (χ1) is 15.4. The van der Waals surface area contributed by atoms with Crippen molar-refractivity contribution in [2.75, 3.05) is 43.5 Å². The highest BCUT2D eigenvalue weighted by Crippen LogP contribution is 2.21. The molecule has 2 aromatic rings. The van der Waals surface area contributed by atoms with Crippen LogP contribution in [0.15, 0.2) is 36.3 Å². The molecule has 1 aliphatic heterocycles. The molecule has 12 heteroatoms. The predicted molar refractivity (Wildman–Crippen MR) is 117 cm³/mol. The lowest BCUT2D eigenvalue weighted by molar-refractivity contribution is -0.134. The van der Waals surface area contributed by atoms with E-state index in [1.165, 1.54) is 24.5 Å². The Morgan fingerprint density at radius 3 is 2.66 bits per heavy atom. The van der Waals surface area contributed by atoms with E-state index in [0.29, 0.717) is 37.6 Å². The van der Waals surface area contributed by atoms with Crippen molar-refractivity contribution in [2.45, 2.75) is 6.54 Å². The van der Waals surface area contributed by atoms with Gasteiger partial charge in [-0.3, -0.25) is 4.79 Å². The smallest absolute Gasteiger partial charge is 0.242 e. The van der Waals surface area contributed by atoms with Crippen LogP contribution >= 0.6 is 11.6 Å². The van der Waals surface area contributed by atoms with Crippen LogP contribution in [0.5, 0.6) is 0 Å². The third-order valence-corrected chi connectivity index (χ3v) is 4.69. The molecule has 1 aromatic carbocycles. The second-order valence-electron chi connectivity index (χ2n) is 6.76. The number of carbonyl (C=O) groups excluding carboxylic acids is 1. The third-order valence-electron chi connectivity index (χ3n) is 4.41. The van der Waals surface area contributed by atoms with Crippen molar-refractivity contribution in [3.63, 3.8) is 0 Å². The van der Waals surface area contributed by atoms with Crippen molar-refractivity contribution >= 4 is 35.5 Å². The van der Waals surface area contributed by atoms with E-state index < -0.39 is 11.6 Å². The second kappa shape index (κ2) is 11.3. The molecule has 0 saturated carbocycles. The van der Waals surface area contributed by atoms with Crippen molar-refractivity contribution in [1.29, 1.82) is 5.41 Å². The van der Waals surface area contributed by atoms with E-state index in [0.717, 1.165) is 12.3 Å². The lowest BCUT2D eigenvalue weighted by atomic mass is 10.2. The summed E-state index contributed by atoms with van der Waals surface area (Å²) in [6.45, 7) is 2.30. The summed E-state index contributed by atoms with van der Waals surface area (Å²) in [5, 5.41) is 16.4. The van der Waals surface area contributed by atoms with Crippen molar-refractivity contribution < 1.29 is 18.3 Å². The van der Waals surface area contributed by atoms with Crippen molar-refractivity contribution in [3.8, 4) is 0 Å². The van der Waals surface area contributed by atoms with E-state index in [4.69, 9.17) is 21.7 Å². The van der Waals surface area contributed by atoms with Gasteiger partial charge in [0.1, 0.15) is 16.7 Å². The van der Waals surface area contributed by atoms with Crippen LogP contribution in [0.1, 0.15) is 5.56 Å². The highest BCUT2D eigenvalue weighted by Gasteiger charge is 2.15. The number of rotatable bonds is 9. The molecule has 0 bridgehead atoms. The standard InChI is InChI=1S/C20H22ClF2N7O2/c21-17-11-27-20(29-19(17)26-9-13-5-14(22)7-15(23)6-13)28-16(8-24)10-25-12-18(31)30-1-3-32-4-2-30/h5-8,10-11,24-25H,1-4,9,12H2,(H2,26,27,28,29)/b16-10+,24-8?. The summed E-state index contributed by atoms with van der Waals surface area (Å²) in [7, 11) is 0. The van der Waals surface area contributed by atoms with Crippen molar-refractivity contribution in [1.82, 2.24) is 20.2 Å². The van der Waals surface area contributed by atoms with E-state index in [1.54, 1.807) is 4.90 Å². The van der Waals surface area contributed by atoms with Gasteiger partial charge in [0.05, 0.1) is 31.7 Å². The van der Waals surface area contributed by atoms with Crippen LogP contribution in [0.25, 0.3) is 0 Å². The molecule has 1 aromatic heterocycles. The zero-order valence-electron chi connectivity index (χ0n) is 17.0. The molecular formula is C20H22ClF2N7O2. The van der Waals surface area contributed by atoms with Gasteiger partial charge in [-0.05, 0) is 17.7 Å². The summed E-state index contributed by atoms with van der Waals surface area (Å²) in [5.41, 5.74) is 0.682. The molecule has 0 unspecified atom stereocenters. The predicted octanol–water partition coefficient (Wildman–Crippen LogP) is 2.37. The van der Waals surface area contributed by atoms with Gasteiger partial charge in [-0.1, -0.05) is 11.6 Å². The van der Waals surface area contributed by atoms with Crippen LogP contribution in [0.3, 0.4) is 0 Å². The summed E-state index contributed by atoms with van der Waals surface area (Å²) >= 11 is 6.10. The number of hydrogen-bond acceptors (Lipinski definition) is 8. The summed E-state index contributed by atoms with van der Waals surface area (Å²) in [6.07, 6.45) is 3.85. The number of ether oxygens (including phenoxy) is 1. The van der Waals surface area contributed by atoms with E-state index in [2.05, 4.69) is 25.9 Å². The molecule has 2 heterocycles. The number of aromatic nitrogens is 2. The molecule has 3 rings (SSSR count). The van der Waals surface area contributed by atoms with Gasteiger partial charge in [0, 0.05) is 38.1 Å². The molecule has 0 spiro atoms. The summed E-state index contributed by atoms with van der Waals surface area (Å²) in [6, 6.07) is 3.19. The van der Waals surface area contributed by atoms with Crippen molar-refractivity contribution in [3.05, 3.63) is 58.5 Å². The van der Waals surface area contributed by atoms with Gasteiger partial charge < -0.3 is 31.0 Å². The van der Waals surface area contributed by atoms with Gasteiger partial charge in [-0.15, -0.1) is 0 Å². The van der Waals surface area contributed by atoms with Gasteiger partial charge in [-0.25, -0.2) is 13.8 Å². The third kappa shape index (κ3) is 6.86. The minimum absolute atomic E-state index is 0.0670. The number of anilines is 2. The van der Waals surface area contributed by atoms with Crippen molar-refractivity contribution in [2.24, 2.45) is 0 Å². The molecule has 170 valence electrons. The first kappa shape index (κ1) is 23.4. The van der Waals surface area contributed by atoms with E-state index in [1.807, 2.05) is 0 Å². The summed E-state index contributed by atoms with van der Waals surface area (Å²) < 4.78 is 31.9. The highest BCUT2D eigenvalue weighted by molar-refractivity contribution is 6.32. The van der Waals surface area contributed by atoms with E-state index in [-0.39, 0.29) is 35.8 Å². The average molecular weight is 466 g/mol. The minimum atomic E-state index is -0.682. The van der Waals surface area contributed by atoms with Crippen LogP contribution in [0.2, 0.25) is 5.02 Å². The Bertz CT molecular complexity index is 980. The Morgan fingerprint density at radius 1 is 1.25 bits per heavy atom. The Labute approximate surface area is 188 Å². The molecule has 0 atom stereocenters. The molecule has 4 N–H and O–H groups in total. The zero-order valence-corrected chi connectivity index (χ0v) is 17.8. The Hall–Kier alpha value is -3.31. The summed E-state index contributed by atoms with van der Waals surface area (Å²) in [5.74, 6) is -1.06. The van der Waals surface area contributed by atoms with E-state index in [9.17, 15) is 13.6 Å². The monoisotopic (exact) mass is 465 g/mol. The lowest BCUT2D eigenvalue weighted by Crippen LogP contribution is -2.44. The fraction of sp³-hybridized carbons (Fsp3) is 0.300. The Balaban J connectivity index is 1.58. The Morgan fingerprint density at radius 2 is 1.97 bits per heavy atom. The average Bonchev–Trinajstić information content (AvgIpc) is 2.78. The normalized spacial score (nSPS) is 14.1. The number of nitrogens with one attached hydrogen (secondary N) is 4. The number of nitrogens with zero attached hydrogens (tertiary/aromatic N) is 3. The second-order valence-corrected chi connectivity index (χ2v) is 7.17. The number of amides is 1. The number of hydrogen-bond donors (Lipinski definition) is 4. The fourth-order valence-electron chi connectivity index (χ4n) is 2.87. The maximum Gasteiger partial charge on any atom is 0.242 e. The number of halogens is 3. The van der Waals surface area contributed by atoms with Crippen LogP contribution < -0.4 is 16.0 Å². The van der Waals surface area contributed by atoms with Crippen LogP contribution in [-0.2, 0) is 16.1 Å². The molecule has 0 aliphatic carbocycles. The number of benzene rings is 1. The van der Waals surface area contributed by atoms with Gasteiger partial charge in [0.25, 0.3) is 0 Å². The van der Waals surface area contributed by atoms with Crippen LogP contribution in [0, 0.1) is 17.0 Å². The number of carbonyl (C=O) groups is 1. The molecule has 1 aliphatic rings. The van der Waals surface area contributed by atoms with Gasteiger partial charge in [0.15, 0.2) is 5.82 Å². The lowest BCUT2D eigenvalue weighted by Gasteiger charge is -2.26. The number of morpholine rings is 1.